The van der Waals surface area contributed by atoms with Gasteiger partial charge in [0.05, 0.1) is 16.6 Å². The first-order valence-electron chi connectivity index (χ1n) is 18.5. The SMILES string of the molecule is c1ccc(-c2cccc3c2sc2c(-c4nc(-c5cccc6c5-c5ccccc5C65c6ccccc6-c6ccccc65)nc5ccccc45)cccc23)cc1. The second-order valence-electron chi connectivity index (χ2n) is 14.4. The lowest BCUT2D eigenvalue weighted by atomic mass is 9.70. The summed E-state index contributed by atoms with van der Waals surface area (Å²) in [6, 6.07) is 66.2. The van der Waals surface area contributed by atoms with E-state index in [0.717, 1.165) is 33.5 Å². The van der Waals surface area contributed by atoms with E-state index in [0.29, 0.717) is 0 Å². The second kappa shape index (κ2) is 11.2. The van der Waals surface area contributed by atoms with Crippen LogP contribution in [0.3, 0.4) is 0 Å². The van der Waals surface area contributed by atoms with E-state index in [1.165, 1.54) is 75.8 Å². The number of fused-ring (bicyclic) bond motifs is 14. The molecule has 0 saturated carbocycles. The Balaban J connectivity index is 1.13. The van der Waals surface area contributed by atoms with Crippen LogP contribution in [0, 0.1) is 0 Å². The number of hydrogen-bond acceptors (Lipinski definition) is 3. The summed E-state index contributed by atoms with van der Waals surface area (Å²) in [4.78, 5) is 10.9. The van der Waals surface area contributed by atoms with Gasteiger partial charge in [-0.2, -0.15) is 0 Å². The van der Waals surface area contributed by atoms with Crippen molar-refractivity contribution in [1.82, 2.24) is 9.97 Å². The topological polar surface area (TPSA) is 25.8 Å². The second-order valence-corrected chi connectivity index (χ2v) is 15.4. The van der Waals surface area contributed by atoms with E-state index in [4.69, 9.17) is 9.97 Å². The third kappa shape index (κ3) is 3.89. The molecule has 2 aliphatic carbocycles. The Morgan fingerprint density at radius 3 is 1.59 bits per heavy atom. The molecule has 0 bridgehead atoms. The van der Waals surface area contributed by atoms with Crippen LogP contribution in [0.2, 0.25) is 0 Å². The van der Waals surface area contributed by atoms with Crippen molar-refractivity contribution in [2.24, 2.45) is 0 Å². The molecule has 3 heteroatoms. The van der Waals surface area contributed by atoms with E-state index in [2.05, 4.69) is 182 Å². The quantitative estimate of drug-likeness (QED) is 0.183. The van der Waals surface area contributed by atoms with Gasteiger partial charge in [-0.05, 0) is 61.7 Å². The first-order valence-corrected chi connectivity index (χ1v) is 19.3. The van der Waals surface area contributed by atoms with Crippen LogP contribution in [-0.4, -0.2) is 9.97 Å². The lowest BCUT2D eigenvalue weighted by Gasteiger charge is -2.30. The minimum atomic E-state index is -0.423. The number of rotatable bonds is 3. The standard InChI is InChI=1S/C51H30N2S/c1-2-15-31(16-3-1)32-21-12-22-35-36-23-13-25-40(49(36)54-48(32)35)47-38-20-7-11-30-45(38)52-50(53-47)39-24-14-29-44-46(39)37-19-6-10-28-43(37)51(44)41-26-8-4-17-33(41)34-18-5-9-27-42(34)51/h1-30H. The summed E-state index contributed by atoms with van der Waals surface area (Å²) in [5.41, 5.74) is 16.5. The molecule has 2 aliphatic rings. The molecule has 2 aromatic heterocycles. The van der Waals surface area contributed by atoms with E-state index >= 15 is 0 Å². The van der Waals surface area contributed by atoms with Gasteiger partial charge >= 0.3 is 0 Å². The van der Waals surface area contributed by atoms with Crippen molar-refractivity contribution < 1.29 is 0 Å². The van der Waals surface area contributed by atoms with Crippen LogP contribution in [-0.2, 0) is 5.41 Å². The van der Waals surface area contributed by atoms with Crippen LogP contribution >= 0.6 is 11.3 Å². The molecule has 0 aliphatic heterocycles. The lowest BCUT2D eigenvalue weighted by Crippen LogP contribution is -2.25. The molecule has 8 aromatic carbocycles. The smallest absolute Gasteiger partial charge is 0.161 e. The van der Waals surface area contributed by atoms with Gasteiger partial charge in [0.25, 0.3) is 0 Å². The van der Waals surface area contributed by atoms with Gasteiger partial charge in [-0.1, -0.05) is 176 Å². The fourth-order valence-electron chi connectivity index (χ4n) is 9.58. The van der Waals surface area contributed by atoms with Crippen molar-refractivity contribution in [3.05, 3.63) is 204 Å². The Labute approximate surface area is 316 Å². The maximum Gasteiger partial charge on any atom is 0.161 e. The van der Waals surface area contributed by atoms with E-state index in [1.54, 1.807) is 0 Å². The molecule has 0 fully saturated rings. The molecule has 2 heterocycles. The van der Waals surface area contributed by atoms with Crippen molar-refractivity contribution in [3.8, 4) is 56.0 Å². The zero-order valence-electron chi connectivity index (χ0n) is 29.1. The zero-order chi connectivity index (χ0) is 35.4. The maximum atomic E-state index is 5.59. The van der Waals surface area contributed by atoms with Crippen molar-refractivity contribution >= 4 is 42.4 Å². The fraction of sp³-hybridized carbons (Fsp3) is 0.0196. The third-order valence-electron chi connectivity index (χ3n) is 11.7. The predicted molar refractivity (Wildman–Crippen MR) is 225 cm³/mol. The Morgan fingerprint density at radius 1 is 0.352 bits per heavy atom. The van der Waals surface area contributed by atoms with Crippen LogP contribution in [0.1, 0.15) is 22.3 Å². The number of benzene rings is 8. The van der Waals surface area contributed by atoms with Crippen molar-refractivity contribution in [1.29, 1.82) is 0 Å². The molecule has 0 unspecified atom stereocenters. The molecule has 2 nitrogen and oxygen atoms in total. The maximum absolute atomic E-state index is 5.59. The monoisotopic (exact) mass is 702 g/mol. The Kier molecular flexibility index (Phi) is 6.17. The number of nitrogens with zero attached hydrogens (tertiary/aromatic N) is 2. The number of thiophene rings is 1. The first-order chi connectivity index (χ1) is 26.8. The van der Waals surface area contributed by atoms with E-state index in [9.17, 15) is 0 Å². The van der Waals surface area contributed by atoms with E-state index < -0.39 is 5.41 Å². The average molecular weight is 703 g/mol. The molecule has 12 rings (SSSR count). The number of aromatic nitrogens is 2. The van der Waals surface area contributed by atoms with Crippen molar-refractivity contribution in [2.75, 3.05) is 0 Å². The van der Waals surface area contributed by atoms with Crippen LogP contribution in [0.15, 0.2) is 182 Å². The number of hydrogen-bond donors (Lipinski definition) is 0. The van der Waals surface area contributed by atoms with Gasteiger partial charge in [0.1, 0.15) is 0 Å². The molecule has 0 radical (unpaired) electrons. The Bertz CT molecular complexity index is 3130. The fourth-order valence-corrected chi connectivity index (χ4v) is 10.9. The highest BCUT2D eigenvalue weighted by molar-refractivity contribution is 7.26. The highest BCUT2D eigenvalue weighted by Gasteiger charge is 2.52. The van der Waals surface area contributed by atoms with Crippen molar-refractivity contribution in [2.45, 2.75) is 5.41 Å². The molecule has 250 valence electrons. The lowest BCUT2D eigenvalue weighted by molar-refractivity contribution is 0.794. The molecule has 1 spiro atoms. The van der Waals surface area contributed by atoms with Crippen LogP contribution < -0.4 is 0 Å². The summed E-state index contributed by atoms with van der Waals surface area (Å²) >= 11 is 1.86. The molecule has 0 N–H and O–H groups in total. The normalized spacial score (nSPS) is 13.3. The molecular weight excluding hydrogens is 673 g/mol. The first kappa shape index (κ1) is 29.9. The third-order valence-corrected chi connectivity index (χ3v) is 13.0. The van der Waals surface area contributed by atoms with Gasteiger partial charge in [0, 0.05) is 36.7 Å². The van der Waals surface area contributed by atoms with Gasteiger partial charge in [0.15, 0.2) is 5.82 Å². The Morgan fingerprint density at radius 2 is 0.852 bits per heavy atom. The van der Waals surface area contributed by atoms with Gasteiger partial charge in [-0.15, -0.1) is 11.3 Å². The van der Waals surface area contributed by atoms with Gasteiger partial charge in [0.2, 0.25) is 0 Å². The molecule has 10 aromatic rings. The summed E-state index contributed by atoms with van der Waals surface area (Å²) in [7, 11) is 0. The molecule has 0 atom stereocenters. The average Bonchev–Trinajstić information content (AvgIpc) is 3.88. The molecule has 0 saturated heterocycles. The predicted octanol–water partition coefficient (Wildman–Crippen LogP) is 13.3. The summed E-state index contributed by atoms with van der Waals surface area (Å²) < 4.78 is 2.54. The van der Waals surface area contributed by atoms with Gasteiger partial charge < -0.3 is 0 Å². The van der Waals surface area contributed by atoms with Crippen LogP contribution in [0.25, 0.3) is 87.1 Å². The summed E-state index contributed by atoms with van der Waals surface area (Å²) in [5.74, 6) is 0.745. The molecule has 54 heavy (non-hydrogen) atoms. The van der Waals surface area contributed by atoms with Crippen molar-refractivity contribution in [3.63, 3.8) is 0 Å². The molecule has 0 amide bonds. The largest absolute Gasteiger partial charge is 0.228 e. The minimum Gasteiger partial charge on any atom is -0.228 e. The van der Waals surface area contributed by atoms with E-state index in [-0.39, 0.29) is 0 Å². The van der Waals surface area contributed by atoms with Crippen LogP contribution in [0.5, 0.6) is 0 Å². The van der Waals surface area contributed by atoms with Gasteiger partial charge in [-0.25, -0.2) is 9.97 Å². The zero-order valence-corrected chi connectivity index (χ0v) is 29.9. The Hall–Kier alpha value is -6.68. The highest BCUT2D eigenvalue weighted by atomic mass is 32.1. The highest BCUT2D eigenvalue weighted by Crippen LogP contribution is 2.63. The van der Waals surface area contributed by atoms with E-state index in [1.807, 2.05) is 11.3 Å². The molecular formula is C51H30N2S. The summed E-state index contributed by atoms with van der Waals surface area (Å²) in [5, 5.41) is 3.58. The van der Waals surface area contributed by atoms with Gasteiger partial charge in [-0.3, -0.25) is 0 Å². The van der Waals surface area contributed by atoms with Crippen LogP contribution in [0.4, 0.5) is 0 Å². The summed E-state index contributed by atoms with van der Waals surface area (Å²) in [6.45, 7) is 0. The minimum absolute atomic E-state index is 0.423. The summed E-state index contributed by atoms with van der Waals surface area (Å²) in [6.07, 6.45) is 0. The number of para-hydroxylation sites is 1.